The SMILES string of the molecule is CCN(CC1CCC1)c1ccc(C(N)=S)c2ccccc12. The molecule has 0 atom stereocenters. The lowest BCUT2D eigenvalue weighted by molar-refractivity contribution is 0.319. The molecule has 1 fully saturated rings. The van der Waals surface area contributed by atoms with Gasteiger partial charge in [0.25, 0.3) is 0 Å². The molecule has 21 heavy (non-hydrogen) atoms. The molecule has 0 aromatic heterocycles. The van der Waals surface area contributed by atoms with E-state index < -0.39 is 0 Å². The second kappa shape index (κ2) is 6.02. The summed E-state index contributed by atoms with van der Waals surface area (Å²) in [5.41, 5.74) is 8.15. The molecular formula is C18H22N2S. The molecule has 3 heteroatoms. The number of hydrogen-bond donors (Lipinski definition) is 1. The zero-order valence-corrected chi connectivity index (χ0v) is 13.3. The van der Waals surface area contributed by atoms with Gasteiger partial charge in [-0.15, -0.1) is 0 Å². The number of benzene rings is 2. The lowest BCUT2D eigenvalue weighted by atomic mass is 9.85. The number of nitrogens with two attached hydrogens (primary N) is 1. The molecule has 0 bridgehead atoms. The van der Waals surface area contributed by atoms with E-state index in [0.717, 1.165) is 30.0 Å². The van der Waals surface area contributed by atoms with Crippen molar-refractivity contribution < 1.29 is 0 Å². The van der Waals surface area contributed by atoms with E-state index in [1.165, 1.54) is 30.3 Å². The fraction of sp³-hybridized carbons (Fsp3) is 0.389. The van der Waals surface area contributed by atoms with Gasteiger partial charge in [0.1, 0.15) is 4.99 Å². The number of rotatable bonds is 5. The number of nitrogens with zero attached hydrogens (tertiary/aromatic N) is 1. The maximum atomic E-state index is 5.87. The van der Waals surface area contributed by atoms with Crippen molar-refractivity contribution in [2.75, 3.05) is 18.0 Å². The van der Waals surface area contributed by atoms with Crippen molar-refractivity contribution in [3.05, 3.63) is 42.0 Å². The van der Waals surface area contributed by atoms with Crippen LogP contribution >= 0.6 is 12.2 Å². The Morgan fingerprint density at radius 2 is 1.90 bits per heavy atom. The Balaban J connectivity index is 2.05. The summed E-state index contributed by atoms with van der Waals surface area (Å²) in [6.07, 6.45) is 4.14. The Bertz CT molecular complexity index is 661. The minimum Gasteiger partial charge on any atom is -0.389 e. The third-order valence-corrected chi connectivity index (χ3v) is 4.81. The van der Waals surface area contributed by atoms with Crippen LogP contribution in [0.1, 0.15) is 31.7 Å². The molecule has 0 spiro atoms. The van der Waals surface area contributed by atoms with Crippen LogP contribution in [0.5, 0.6) is 0 Å². The first-order chi connectivity index (χ1) is 10.2. The Hall–Kier alpha value is -1.61. The van der Waals surface area contributed by atoms with Gasteiger partial charge in [0.05, 0.1) is 0 Å². The molecule has 0 unspecified atom stereocenters. The molecule has 0 aliphatic heterocycles. The van der Waals surface area contributed by atoms with E-state index in [0.29, 0.717) is 4.99 Å². The van der Waals surface area contributed by atoms with Gasteiger partial charge >= 0.3 is 0 Å². The maximum Gasteiger partial charge on any atom is 0.104 e. The molecular weight excluding hydrogens is 276 g/mol. The molecule has 1 aliphatic rings. The molecule has 110 valence electrons. The van der Waals surface area contributed by atoms with Crippen molar-refractivity contribution in [2.45, 2.75) is 26.2 Å². The first-order valence-electron chi connectivity index (χ1n) is 7.77. The summed E-state index contributed by atoms with van der Waals surface area (Å²) < 4.78 is 0. The van der Waals surface area contributed by atoms with Crippen molar-refractivity contribution in [3.8, 4) is 0 Å². The van der Waals surface area contributed by atoms with Crippen molar-refractivity contribution in [2.24, 2.45) is 11.7 Å². The van der Waals surface area contributed by atoms with Crippen LogP contribution in [0.15, 0.2) is 36.4 Å². The second-order valence-electron chi connectivity index (χ2n) is 5.88. The van der Waals surface area contributed by atoms with Crippen LogP contribution in [0.25, 0.3) is 10.8 Å². The summed E-state index contributed by atoms with van der Waals surface area (Å²) in [7, 11) is 0. The van der Waals surface area contributed by atoms with E-state index in [2.05, 4.69) is 48.2 Å². The summed E-state index contributed by atoms with van der Waals surface area (Å²) in [6.45, 7) is 4.43. The molecule has 2 nitrogen and oxygen atoms in total. The van der Waals surface area contributed by atoms with E-state index in [9.17, 15) is 0 Å². The van der Waals surface area contributed by atoms with Gasteiger partial charge in [0.2, 0.25) is 0 Å². The monoisotopic (exact) mass is 298 g/mol. The molecule has 0 saturated heterocycles. The number of thiocarbonyl (C=S) groups is 1. The quantitative estimate of drug-likeness (QED) is 0.843. The van der Waals surface area contributed by atoms with Gasteiger partial charge in [-0.05, 0) is 43.2 Å². The molecule has 2 N–H and O–H groups in total. The number of fused-ring (bicyclic) bond motifs is 1. The second-order valence-corrected chi connectivity index (χ2v) is 6.32. The minimum atomic E-state index is 0.472. The summed E-state index contributed by atoms with van der Waals surface area (Å²) in [5.74, 6) is 0.860. The maximum absolute atomic E-state index is 5.87. The summed E-state index contributed by atoms with van der Waals surface area (Å²) in [6, 6.07) is 12.7. The molecule has 0 heterocycles. The molecule has 0 amide bonds. The van der Waals surface area contributed by atoms with Crippen molar-refractivity contribution in [1.82, 2.24) is 0 Å². The van der Waals surface area contributed by atoms with Crippen LogP contribution in [0.4, 0.5) is 5.69 Å². The van der Waals surface area contributed by atoms with Gasteiger partial charge in [-0.1, -0.05) is 42.9 Å². The van der Waals surface area contributed by atoms with Crippen LogP contribution in [0.3, 0.4) is 0 Å². The third-order valence-electron chi connectivity index (χ3n) is 4.59. The summed E-state index contributed by atoms with van der Waals surface area (Å²) in [5, 5.41) is 2.42. The van der Waals surface area contributed by atoms with Crippen molar-refractivity contribution in [1.29, 1.82) is 0 Å². The standard InChI is InChI=1S/C18H22N2S/c1-2-20(12-13-6-5-7-13)17-11-10-16(18(19)21)14-8-3-4-9-15(14)17/h3-4,8-11,13H,2,5-7,12H2,1H3,(H2,19,21). The average molecular weight is 298 g/mol. The Labute approximate surface area is 131 Å². The topological polar surface area (TPSA) is 29.3 Å². The highest BCUT2D eigenvalue weighted by atomic mass is 32.1. The normalized spacial score (nSPS) is 14.9. The van der Waals surface area contributed by atoms with Gasteiger partial charge < -0.3 is 10.6 Å². The summed E-state index contributed by atoms with van der Waals surface area (Å²) in [4.78, 5) is 2.97. The molecule has 1 saturated carbocycles. The number of hydrogen-bond acceptors (Lipinski definition) is 2. The predicted octanol–water partition coefficient (Wildman–Crippen LogP) is 4.10. The van der Waals surface area contributed by atoms with Crippen LogP contribution in [-0.2, 0) is 0 Å². The third kappa shape index (κ3) is 2.75. The highest BCUT2D eigenvalue weighted by Crippen LogP contribution is 2.33. The molecule has 0 radical (unpaired) electrons. The molecule has 1 aliphatic carbocycles. The number of anilines is 1. The van der Waals surface area contributed by atoms with Crippen molar-refractivity contribution in [3.63, 3.8) is 0 Å². The first-order valence-corrected chi connectivity index (χ1v) is 8.18. The van der Waals surface area contributed by atoms with Gasteiger partial charge in [-0.2, -0.15) is 0 Å². The van der Waals surface area contributed by atoms with Gasteiger partial charge in [-0.25, -0.2) is 0 Å². The van der Waals surface area contributed by atoms with Crippen molar-refractivity contribution >= 4 is 33.7 Å². The molecule has 2 aromatic carbocycles. The fourth-order valence-electron chi connectivity index (χ4n) is 3.16. The minimum absolute atomic E-state index is 0.472. The van der Waals surface area contributed by atoms with Gasteiger partial charge in [0, 0.05) is 29.7 Å². The van der Waals surface area contributed by atoms with Crippen LogP contribution in [0.2, 0.25) is 0 Å². The Kier molecular flexibility index (Phi) is 4.11. The smallest absolute Gasteiger partial charge is 0.104 e. The van der Waals surface area contributed by atoms with Crippen LogP contribution < -0.4 is 10.6 Å². The van der Waals surface area contributed by atoms with Crippen LogP contribution in [-0.4, -0.2) is 18.1 Å². The molecule has 3 rings (SSSR count). The largest absolute Gasteiger partial charge is 0.389 e. The lowest BCUT2D eigenvalue weighted by Gasteiger charge is -2.34. The van der Waals surface area contributed by atoms with E-state index in [4.69, 9.17) is 18.0 Å². The average Bonchev–Trinajstić information content (AvgIpc) is 2.45. The van der Waals surface area contributed by atoms with E-state index in [1.54, 1.807) is 0 Å². The lowest BCUT2D eigenvalue weighted by Crippen LogP contribution is -2.32. The predicted molar refractivity (Wildman–Crippen MR) is 95.1 cm³/mol. The Morgan fingerprint density at radius 3 is 2.48 bits per heavy atom. The molecule has 2 aromatic rings. The zero-order valence-electron chi connectivity index (χ0n) is 12.5. The Morgan fingerprint density at radius 1 is 1.19 bits per heavy atom. The highest BCUT2D eigenvalue weighted by Gasteiger charge is 2.21. The van der Waals surface area contributed by atoms with E-state index in [1.807, 2.05) is 0 Å². The highest BCUT2D eigenvalue weighted by molar-refractivity contribution is 7.80. The van der Waals surface area contributed by atoms with Crippen LogP contribution in [0, 0.1) is 5.92 Å². The fourth-order valence-corrected chi connectivity index (χ4v) is 3.34. The van der Waals surface area contributed by atoms with E-state index in [-0.39, 0.29) is 0 Å². The van der Waals surface area contributed by atoms with Gasteiger partial charge in [0.15, 0.2) is 0 Å². The summed E-state index contributed by atoms with van der Waals surface area (Å²) >= 11 is 5.19. The first kappa shape index (κ1) is 14.3. The van der Waals surface area contributed by atoms with Gasteiger partial charge in [-0.3, -0.25) is 0 Å². The van der Waals surface area contributed by atoms with E-state index >= 15 is 0 Å². The zero-order chi connectivity index (χ0) is 14.8.